The largest absolute Gasteiger partial charge is 0.377 e. The van der Waals surface area contributed by atoms with E-state index in [4.69, 9.17) is 16.3 Å². The van der Waals surface area contributed by atoms with Gasteiger partial charge in [-0.05, 0) is 25.0 Å². The Morgan fingerprint density at radius 1 is 1.58 bits per heavy atom. The van der Waals surface area contributed by atoms with Crippen molar-refractivity contribution >= 4 is 23.0 Å². The number of ether oxygens (including phenoxy) is 1. The molecule has 1 fully saturated rings. The van der Waals surface area contributed by atoms with E-state index in [0.717, 1.165) is 37.4 Å². The van der Waals surface area contributed by atoms with Crippen LogP contribution in [0.4, 0.5) is 11.4 Å². The van der Waals surface area contributed by atoms with Gasteiger partial charge in [0.15, 0.2) is 0 Å². The van der Waals surface area contributed by atoms with Crippen LogP contribution in [0.1, 0.15) is 18.9 Å². The van der Waals surface area contributed by atoms with Gasteiger partial charge in [-0.15, -0.1) is 11.6 Å². The average molecular weight is 285 g/mol. The highest BCUT2D eigenvalue weighted by molar-refractivity contribution is 6.17. The van der Waals surface area contributed by atoms with Crippen LogP contribution in [0.3, 0.4) is 0 Å². The first kappa shape index (κ1) is 14.1. The topological polar surface area (TPSA) is 55.6 Å². The fourth-order valence-corrected chi connectivity index (χ4v) is 2.53. The minimum atomic E-state index is -0.395. The Morgan fingerprint density at radius 3 is 3.05 bits per heavy atom. The number of alkyl halides is 1. The molecule has 1 saturated heterocycles. The Labute approximate surface area is 117 Å². The SMILES string of the molecule is CC1CN(c2ccc([N+](=O)[O-])cc2CCl)CCCO1. The molecule has 1 aromatic carbocycles. The molecule has 5 nitrogen and oxygen atoms in total. The predicted molar refractivity (Wildman–Crippen MR) is 74.9 cm³/mol. The van der Waals surface area contributed by atoms with Crippen molar-refractivity contribution < 1.29 is 9.66 Å². The zero-order valence-corrected chi connectivity index (χ0v) is 11.6. The highest BCUT2D eigenvalue weighted by Crippen LogP contribution is 2.28. The molecule has 1 aliphatic heterocycles. The zero-order chi connectivity index (χ0) is 13.8. The molecule has 0 spiro atoms. The van der Waals surface area contributed by atoms with Gasteiger partial charge < -0.3 is 9.64 Å². The van der Waals surface area contributed by atoms with Gasteiger partial charge in [0.2, 0.25) is 0 Å². The van der Waals surface area contributed by atoms with Crippen molar-refractivity contribution in [2.75, 3.05) is 24.6 Å². The van der Waals surface area contributed by atoms with Crippen LogP contribution in [0.2, 0.25) is 0 Å². The van der Waals surface area contributed by atoms with Gasteiger partial charge in [-0.2, -0.15) is 0 Å². The quantitative estimate of drug-likeness (QED) is 0.486. The maximum absolute atomic E-state index is 10.8. The average Bonchev–Trinajstić information content (AvgIpc) is 2.62. The molecule has 0 amide bonds. The minimum Gasteiger partial charge on any atom is -0.377 e. The third kappa shape index (κ3) is 3.36. The minimum absolute atomic E-state index is 0.0820. The second-order valence-electron chi connectivity index (χ2n) is 4.68. The lowest BCUT2D eigenvalue weighted by Gasteiger charge is -2.26. The normalized spacial score (nSPS) is 20.1. The Hall–Kier alpha value is -1.33. The molecule has 0 saturated carbocycles. The molecule has 1 unspecified atom stereocenters. The number of hydrogen-bond donors (Lipinski definition) is 0. The highest BCUT2D eigenvalue weighted by atomic mass is 35.5. The molecule has 0 bridgehead atoms. The Balaban J connectivity index is 2.29. The van der Waals surface area contributed by atoms with E-state index in [9.17, 15) is 10.1 Å². The third-order valence-electron chi connectivity index (χ3n) is 3.21. The summed E-state index contributed by atoms with van der Waals surface area (Å²) in [7, 11) is 0. The van der Waals surface area contributed by atoms with Crippen LogP contribution >= 0.6 is 11.6 Å². The number of anilines is 1. The highest BCUT2D eigenvalue weighted by Gasteiger charge is 2.19. The monoisotopic (exact) mass is 284 g/mol. The first-order valence-electron chi connectivity index (χ1n) is 6.31. The summed E-state index contributed by atoms with van der Waals surface area (Å²) in [5.41, 5.74) is 1.85. The summed E-state index contributed by atoms with van der Waals surface area (Å²) >= 11 is 5.92. The summed E-state index contributed by atoms with van der Waals surface area (Å²) in [5, 5.41) is 10.8. The lowest BCUT2D eigenvalue weighted by Crippen LogP contribution is -2.30. The summed E-state index contributed by atoms with van der Waals surface area (Å²) in [6.07, 6.45) is 1.10. The number of rotatable bonds is 3. The Morgan fingerprint density at radius 2 is 2.37 bits per heavy atom. The molecule has 2 rings (SSSR count). The van der Waals surface area contributed by atoms with E-state index < -0.39 is 4.92 Å². The second kappa shape index (κ2) is 6.21. The van der Waals surface area contributed by atoms with E-state index in [1.54, 1.807) is 12.1 Å². The van der Waals surface area contributed by atoms with Crippen LogP contribution in [-0.4, -0.2) is 30.7 Å². The van der Waals surface area contributed by atoms with Crippen molar-refractivity contribution in [3.63, 3.8) is 0 Å². The van der Waals surface area contributed by atoms with E-state index in [1.807, 2.05) is 6.92 Å². The van der Waals surface area contributed by atoms with Gasteiger partial charge in [-0.1, -0.05) is 0 Å². The molecule has 1 heterocycles. The standard InChI is InChI=1S/C13H17ClN2O3/c1-10-9-15(5-2-6-19-10)13-4-3-12(16(17)18)7-11(13)8-14/h3-4,7,10H,2,5-6,8-9H2,1H3. The fraction of sp³-hybridized carbons (Fsp3) is 0.538. The first-order chi connectivity index (χ1) is 9.11. The van der Waals surface area contributed by atoms with Crippen molar-refractivity contribution in [3.8, 4) is 0 Å². The molecule has 6 heteroatoms. The van der Waals surface area contributed by atoms with Gasteiger partial charge >= 0.3 is 0 Å². The van der Waals surface area contributed by atoms with Crippen molar-refractivity contribution in [3.05, 3.63) is 33.9 Å². The first-order valence-corrected chi connectivity index (χ1v) is 6.85. The Bertz CT molecular complexity index is 467. The van der Waals surface area contributed by atoms with E-state index >= 15 is 0 Å². The number of nitro benzene ring substituents is 1. The fourth-order valence-electron chi connectivity index (χ4n) is 2.31. The summed E-state index contributed by atoms with van der Waals surface area (Å²) in [6, 6.07) is 4.87. The van der Waals surface area contributed by atoms with Gasteiger partial charge in [0.25, 0.3) is 5.69 Å². The molecule has 104 valence electrons. The van der Waals surface area contributed by atoms with E-state index in [1.165, 1.54) is 6.07 Å². The van der Waals surface area contributed by atoms with E-state index in [-0.39, 0.29) is 17.7 Å². The van der Waals surface area contributed by atoms with Gasteiger partial charge in [0.05, 0.1) is 11.0 Å². The van der Waals surface area contributed by atoms with Crippen molar-refractivity contribution in [2.24, 2.45) is 0 Å². The molecule has 1 aliphatic rings. The maximum atomic E-state index is 10.8. The second-order valence-corrected chi connectivity index (χ2v) is 4.95. The summed E-state index contributed by atoms with van der Waals surface area (Å²) in [4.78, 5) is 12.6. The molecule has 0 aromatic heterocycles. The number of nitrogens with zero attached hydrogens (tertiary/aromatic N) is 2. The molecule has 0 aliphatic carbocycles. The number of hydrogen-bond acceptors (Lipinski definition) is 4. The summed E-state index contributed by atoms with van der Waals surface area (Å²) in [5.74, 6) is 0.267. The molecule has 1 atom stereocenters. The van der Waals surface area contributed by atoms with Crippen LogP contribution < -0.4 is 4.90 Å². The molecule has 0 radical (unpaired) electrons. The number of nitro groups is 1. The van der Waals surface area contributed by atoms with E-state index in [2.05, 4.69) is 4.90 Å². The van der Waals surface area contributed by atoms with Gasteiger partial charge in [-0.25, -0.2) is 0 Å². The van der Waals surface area contributed by atoms with Crippen LogP contribution in [0.25, 0.3) is 0 Å². The summed E-state index contributed by atoms with van der Waals surface area (Å²) < 4.78 is 5.61. The number of halogens is 1. The molecule has 1 aromatic rings. The van der Waals surface area contributed by atoms with Crippen molar-refractivity contribution in [1.29, 1.82) is 0 Å². The smallest absolute Gasteiger partial charge is 0.269 e. The van der Waals surface area contributed by atoms with Gasteiger partial charge in [-0.3, -0.25) is 10.1 Å². The van der Waals surface area contributed by atoms with Gasteiger partial charge in [0, 0.05) is 43.4 Å². The maximum Gasteiger partial charge on any atom is 0.269 e. The molecular weight excluding hydrogens is 268 g/mol. The molecular formula is C13H17ClN2O3. The van der Waals surface area contributed by atoms with Crippen molar-refractivity contribution in [1.82, 2.24) is 0 Å². The zero-order valence-electron chi connectivity index (χ0n) is 10.8. The lowest BCUT2D eigenvalue weighted by molar-refractivity contribution is -0.384. The van der Waals surface area contributed by atoms with Crippen LogP contribution in [0.5, 0.6) is 0 Å². The number of non-ortho nitro benzene ring substituents is 1. The third-order valence-corrected chi connectivity index (χ3v) is 3.50. The lowest BCUT2D eigenvalue weighted by atomic mass is 10.1. The van der Waals surface area contributed by atoms with E-state index in [0.29, 0.717) is 0 Å². The molecule has 19 heavy (non-hydrogen) atoms. The van der Waals surface area contributed by atoms with Gasteiger partial charge in [0.1, 0.15) is 0 Å². The molecule has 0 N–H and O–H groups in total. The summed E-state index contributed by atoms with van der Waals surface area (Å²) in [6.45, 7) is 4.44. The van der Waals surface area contributed by atoms with Crippen LogP contribution in [0.15, 0.2) is 18.2 Å². The predicted octanol–water partition coefficient (Wildman–Crippen LogP) is 2.95. The van der Waals surface area contributed by atoms with Crippen molar-refractivity contribution in [2.45, 2.75) is 25.3 Å². The number of benzene rings is 1. The van der Waals surface area contributed by atoms with Crippen LogP contribution in [0, 0.1) is 10.1 Å². The van der Waals surface area contributed by atoms with Crippen LogP contribution in [-0.2, 0) is 10.6 Å². The Kier molecular flexibility index (Phi) is 4.61.